The van der Waals surface area contributed by atoms with E-state index in [-0.39, 0.29) is 28.3 Å². The van der Waals surface area contributed by atoms with Gasteiger partial charge in [-0.05, 0) is 30.4 Å². The number of hydrogen-bond donors (Lipinski definition) is 0. The zero-order valence-corrected chi connectivity index (χ0v) is 17.6. The molecule has 2 aromatic heterocycles. The molecule has 2 aliphatic rings. The van der Waals surface area contributed by atoms with Gasteiger partial charge in [-0.25, -0.2) is 8.42 Å². The topological polar surface area (TPSA) is 77.2 Å². The van der Waals surface area contributed by atoms with E-state index in [4.69, 9.17) is 0 Å². The van der Waals surface area contributed by atoms with Gasteiger partial charge in [0.25, 0.3) is 5.56 Å². The Morgan fingerprint density at radius 2 is 1.87 bits per heavy atom. The quantitative estimate of drug-likeness (QED) is 0.643. The molecule has 0 N–H and O–H groups in total. The molecule has 0 saturated carbocycles. The maximum absolute atomic E-state index is 13.3. The van der Waals surface area contributed by atoms with Gasteiger partial charge in [0.15, 0.2) is 0 Å². The van der Waals surface area contributed by atoms with Crippen molar-refractivity contribution in [2.24, 2.45) is 13.0 Å². The van der Waals surface area contributed by atoms with Gasteiger partial charge < -0.3 is 4.57 Å². The van der Waals surface area contributed by atoms with Crippen LogP contribution in [-0.4, -0.2) is 40.2 Å². The summed E-state index contributed by atoms with van der Waals surface area (Å²) in [6, 6.07) is 15.4. The minimum atomic E-state index is -3.63. The molecule has 0 amide bonds. The molecule has 2 bridgehead atoms. The standard InChI is InChI=1S/C22H24N4O3S/c1-24-15-19(12-23-24)30(28,29)25-13-17-11-18(14-25)21(10-16-6-3-2-4-7-16)26-20(17)8-5-9-22(26)27/h2-9,12,15,17-18,21H,10-11,13-14H2,1H3/t17-,18+,21+/m1/s1. The zero-order chi connectivity index (χ0) is 20.9. The molecule has 5 rings (SSSR count). The summed E-state index contributed by atoms with van der Waals surface area (Å²) in [6.45, 7) is 0.793. The van der Waals surface area contributed by atoms with Gasteiger partial charge in [-0.3, -0.25) is 9.48 Å². The van der Waals surface area contributed by atoms with E-state index in [0.29, 0.717) is 19.5 Å². The highest BCUT2D eigenvalue weighted by molar-refractivity contribution is 7.89. The van der Waals surface area contributed by atoms with Crippen molar-refractivity contribution in [2.75, 3.05) is 13.1 Å². The number of pyridine rings is 1. The summed E-state index contributed by atoms with van der Waals surface area (Å²) in [5, 5.41) is 4.03. The molecule has 0 radical (unpaired) electrons. The van der Waals surface area contributed by atoms with E-state index in [1.54, 1.807) is 29.7 Å². The van der Waals surface area contributed by atoms with Crippen molar-refractivity contribution in [3.05, 3.63) is 82.5 Å². The maximum atomic E-state index is 13.3. The van der Waals surface area contributed by atoms with Crippen LogP contribution in [0.15, 0.2) is 70.6 Å². The van der Waals surface area contributed by atoms with Crippen molar-refractivity contribution in [3.63, 3.8) is 0 Å². The Hall–Kier alpha value is -2.71. The van der Waals surface area contributed by atoms with E-state index in [1.807, 2.05) is 28.8 Å². The van der Waals surface area contributed by atoms with Crippen LogP contribution in [0.3, 0.4) is 0 Å². The van der Waals surface area contributed by atoms with Gasteiger partial charge in [-0.1, -0.05) is 36.4 Å². The molecule has 2 aliphatic heterocycles. The van der Waals surface area contributed by atoms with Gasteiger partial charge in [-0.2, -0.15) is 9.40 Å². The lowest BCUT2D eigenvalue weighted by Gasteiger charge is -2.46. The molecular formula is C22H24N4O3S. The smallest absolute Gasteiger partial charge is 0.251 e. The van der Waals surface area contributed by atoms with Crippen molar-refractivity contribution in [1.29, 1.82) is 0 Å². The lowest BCUT2D eigenvalue weighted by molar-refractivity contribution is 0.142. The summed E-state index contributed by atoms with van der Waals surface area (Å²) in [6.07, 6.45) is 4.54. The molecule has 0 unspecified atom stereocenters. The fraction of sp³-hybridized carbons (Fsp3) is 0.364. The van der Waals surface area contributed by atoms with E-state index in [0.717, 1.165) is 17.7 Å². The molecule has 8 heteroatoms. The van der Waals surface area contributed by atoms with Crippen LogP contribution in [0.2, 0.25) is 0 Å². The van der Waals surface area contributed by atoms with Crippen LogP contribution in [0.5, 0.6) is 0 Å². The van der Waals surface area contributed by atoms with Gasteiger partial charge in [0.05, 0.1) is 6.20 Å². The van der Waals surface area contributed by atoms with Gasteiger partial charge in [0.2, 0.25) is 10.0 Å². The Bertz CT molecular complexity index is 1230. The predicted octanol–water partition coefficient (Wildman–Crippen LogP) is 2.17. The minimum absolute atomic E-state index is 0.00769. The molecule has 1 saturated heterocycles. The van der Waals surface area contributed by atoms with E-state index in [9.17, 15) is 13.2 Å². The molecule has 30 heavy (non-hydrogen) atoms. The lowest BCUT2D eigenvalue weighted by Crippen LogP contribution is -2.51. The number of aryl methyl sites for hydroxylation is 1. The van der Waals surface area contributed by atoms with Crippen molar-refractivity contribution in [2.45, 2.75) is 29.7 Å². The number of rotatable bonds is 4. The van der Waals surface area contributed by atoms with Crippen molar-refractivity contribution >= 4 is 10.0 Å². The molecule has 1 aromatic carbocycles. The van der Waals surface area contributed by atoms with Crippen LogP contribution in [0.1, 0.15) is 29.6 Å². The van der Waals surface area contributed by atoms with Gasteiger partial charge in [0.1, 0.15) is 4.90 Å². The van der Waals surface area contributed by atoms with E-state index >= 15 is 0 Å². The SMILES string of the molecule is Cn1cc(S(=O)(=O)N2C[C@H]3C[C@@H](C2)[C@H](Cc2ccccc2)n2c3cccc2=O)cn1. The van der Waals surface area contributed by atoms with Gasteiger partial charge in [0, 0.05) is 50.1 Å². The normalized spacial score (nSPS) is 23.8. The molecule has 3 atom stereocenters. The second-order valence-electron chi connectivity index (χ2n) is 8.28. The number of fused-ring (bicyclic) bond motifs is 4. The van der Waals surface area contributed by atoms with Crippen LogP contribution in [-0.2, 0) is 23.5 Å². The van der Waals surface area contributed by atoms with Crippen LogP contribution in [0, 0.1) is 5.92 Å². The number of sulfonamides is 1. The third kappa shape index (κ3) is 3.20. The number of piperidine rings is 1. The second-order valence-corrected chi connectivity index (χ2v) is 10.2. The molecule has 0 aliphatic carbocycles. The molecule has 7 nitrogen and oxygen atoms in total. The average molecular weight is 425 g/mol. The minimum Gasteiger partial charge on any atom is -0.309 e. The van der Waals surface area contributed by atoms with Crippen molar-refractivity contribution < 1.29 is 8.42 Å². The van der Waals surface area contributed by atoms with Crippen LogP contribution < -0.4 is 5.56 Å². The lowest BCUT2D eigenvalue weighted by atomic mass is 9.77. The third-order valence-corrected chi connectivity index (χ3v) is 8.16. The number of benzene rings is 1. The summed E-state index contributed by atoms with van der Waals surface area (Å²) in [5.74, 6) is 0.0825. The second kappa shape index (κ2) is 7.21. The summed E-state index contributed by atoms with van der Waals surface area (Å²) in [4.78, 5) is 13.0. The first kappa shape index (κ1) is 19.3. The zero-order valence-electron chi connectivity index (χ0n) is 16.8. The first-order chi connectivity index (χ1) is 14.4. The van der Waals surface area contributed by atoms with Crippen LogP contribution in [0.4, 0.5) is 0 Å². The van der Waals surface area contributed by atoms with Crippen LogP contribution in [0.25, 0.3) is 0 Å². The Morgan fingerprint density at radius 3 is 2.60 bits per heavy atom. The summed E-state index contributed by atoms with van der Waals surface area (Å²) >= 11 is 0. The fourth-order valence-electron chi connectivity index (χ4n) is 5.00. The van der Waals surface area contributed by atoms with Gasteiger partial charge in [-0.15, -0.1) is 0 Å². The van der Waals surface area contributed by atoms with E-state index < -0.39 is 10.0 Å². The monoisotopic (exact) mass is 424 g/mol. The van der Waals surface area contributed by atoms with Crippen molar-refractivity contribution in [3.8, 4) is 0 Å². The maximum Gasteiger partial charge on any atom is 0.251 e. The molecule has 3 aromatic rings. The Labute approximate surface area is 175 Å². The first-order valence-corrected chi connectivity index (χ1v) is 11.6. The Kier molecular flexibility index (Phi) is 4.63. The first-order valence-electron chi connectivity index (χ1n) is 10.2. The summed E-state index contributed by atoms with van der Waals surface area (Å²) < 4.78 is 31.6. The highest BCUT2D eigenvalue weighted by Gasteiger charge is 2.44. The van der Waals surface area contributed by atoms with Crippen molar-refractivity contribution in [1.82, 2.24) is 18.7 Å². The summed E-state index contributed by atoms with van der Waals surface area (Å²) in [7, 11) is -1.92. The van der Waals surface area contributed by atoms with Gasteiger partial charge >= 0.3 is 0 Å². The Balaban J connectivity index is 1.55. The predicted molar refractivity (Wildman–Crippen MR) is 113 cm³/mol. The van der Waals surface area contributed by atoms with E-state index in [1.165, 1.54) is 10.9 Å². The third-order valence-electron chi connectivity index (χ3n) is 6.37. The van der Waals surface area contributed by atoms with E-state index in [2.05, 4.69) is 17.2 Å². The molecule has 4 heterocycles. The van der Waals surface area contributed by atoms with Crippen LogP contribution >= 0.6 is 0 Å². The highest BCUT2D eigenvalue weighted by Crippen LogP contribution is 2.43. The number of nitrogens with zero attached hydrogens (tertiary/aromatic N) is 4. The molecule has 1 fully saturated rings. The fourth-order valence-corrected chi connectivity index (χ4v) is 6.52. The Morgan fingerprint density at radius 1 is 1.07 bits per heavy atom. The molecule has 0 spiro atoms. The molecular weight excluding hydrogens is 400 g/mol. The average Bonchev–Trinajstić information content (AvgIpc) is 3.19. The highest BCUT2D eigenvalue weighted by atomic mass is 32.2. The molecule has 156 valence electrons. The number of aromatic nitrogens is 3. The largest absolute Gasteiger partial charge is 0.309 e. The summed E-state index contributed by atoms with van der Waals surface area (Å²) in [5.41, 5.74) is 2.08. The number of hydrogen-bond acceptors (Lipinski definition) is 4.